The third kappa shape index (κ3) is 4.65. The molecule has 4 rings (SSSR count). The summed E-state index contributed by atoms with van der Waals surface area (Å²) in [6, 6.07) is 19.0. The number of aliphatic hydroxyl groups is 2. The molecule has 0 aliphatic heterocycles. The molecule has 2 atom stereocenters. The molecule has 0 saturated carbocycles. The van der Waals surface area contributed by atoms with Crippen LogP contribution in [0.3, 0.4) is 0 Å². The van der Waals surface area contributed by atoms with E-state index >= 15 is 0 Å². The largest absolute Gasteiger partial charge is 0.449 e. The first-order chi connectivity index (χ1) is 16.0. The molecule has 8 heteroatoms. The van der Waals surface area contributed by atoms with Gasteiger partial charge in [-0.05, 0) is 34.7 Å². The summed E-state index contributed by atoms with van der Waals surface area (Å²) in [4.78, 5) is 26.0. The fourth-order valence-corrected chi connectivity index (χ4v) is 4.11. The lowest BCUT2D eigenvalue weighted by atomic mass is 9.98. The smallest absolute Gasteiger partial charge is 0.407 e. The van der Waals surface area contributed by atoms with Crippen molar-refractivity contribution in [3.05, 3.63) is 93.4 Å². The molecule has 2 unspecified atom stereocenters. The second-order valence-corrected chi connectivity index (χ2v) is 7.84. The Morgan fingerprint density at radius 2 is 1.76 bits per heavy atom. The second kappa shape index (κ2) is 9.69. The minimum absolute atomic E-state index is 0.0480. The zero-order valence-electron chi connectivity index (χ0n) is 17.7. The van der Waals surface area contributed by atoms with Crippen molar-refractivity contribution >= 4 is 6.09 Å². The van der Waals surface area contributed by atoms with Gasteiger partial charge in [0.15, 0.2) is 0 Å². The molecule has 0 radical (unpaired) electrons. The number of hydrogen-bond acceptors (Lipinski definition) is 6. The summed E-state index contributed by atoms with van der Waals surface area (Å²) in [6.07, 6.45) is -1.86. The van der Waals surface area contributed by atoms with Crippen LogP contribution in [-0.4, -0.2) is 40.5 Å². The molecule has 8 nitrogen and oxygen atoms in total. The zero-order valence-corrected chi connectivity index (χ0v) is 17.7. The number of hydrogen-bond donors (Lipinski definition) is 4. The van der Waals surface area contributed by atoms with Crippen LogP contribution in [0, 0.1) is 11.3 Å². The molecule has 0 spiro atoms. The van der Waals surface area contributed by atoms with E-state index in [2.05, 4.69) is 22.4 Å². The Hall–Kier alpha value is -3.93. The number of aromatic amines is 1. The molecular weight excluding hydrogens is 422 g/mol. The van der Waals surface area contributed by atoms with Crippen LogP contribution in [0.2, 0.25) is 0 Å². The highest BCUT2D eigenvalue weighted by Crippen LogP contribution is 2.44. The van der Waals surface area contributed by atoms with E-state index in [1.165, 1.54) is 12.3 Å². The van der Waals surface area contributed by atoms with Gasteiger partial charge in [0.2, 0.25) is 0 Å². The number of aliphatic hydroxyl groups excluding tert-OH is 2. The highest BCUT2D eigenvalue weighted by molar-refractivity contribution is 5.79. The number of H-pyrrole nitrogens is 1. The molecule has 1 aliphatic rings. The highest BCUT2D eigenvalue weighted by Gasteiger charge is 2.29. The van der Waals surface area contributed by atoms with Crippen LogP contribution in [0.25, 0.3) is 11.1 Å². The number of nitrogens with one attached hydrogen (secondary N) is 2. The second-order valence-electron chi connectivity index (χ2n) is 7.84. The number of nitrogens with zero attached hydrogens (tertiary/aromatic N) is 1. The van der Waals surface area contributed by atoms with Crippen molar-refractivity contribution < 1.29 is 19.7 Å². The average molecular weight is 445 g/mol. The molecule has 1 heterocycles. The predicted octanol–water partition coefficient (Wildman–Crippen LogP) is 2.57. The van der Waals surface area contributed by atoms with Crippen LogP contribution in [0.5, 0.6) is 0 Å². The molecule has 1 amide bonds. The predicted molar refractivity (Wildman–Crippen MR) is 120 cm³/mol. The molecule has 0 fully saturated rings. The van der Waals surface area contributed by atoms with E-state index in [1.807, 2.05) is 36.4 Å². The maximum Gasteiger partial charge on any atom is 0.407 e. The summed E-state index contributed by atoms with van der Waals surface area (Å²) in [6.45, 7) is 0.253. The molecule has 1 aromatic heterocycles. The fraction of sp³-hybridized carbons (Fsp3) is 0.240. The fourth-order valence-electron chi connectivity index (χ4n) is 4.11. The molecule has 0 bridgehead atoms. The highest BCUT2D eigenvalue weighted by atomic mass is 16.5. The van der Waals surface area contributed by atoms with E-state index in [9.17, 15) is 19.8 Å². The minimum atomic E-state index is -1.32. The van der Waals surface area contributed by atoms with Gasteiger partial charge in [-0.25, -0.2) is 4.79 Å². The van der Waals surface area contributed by atoms with Crippen LogP contribution in [0.4, 0.5) is 4.79 Å². The lowest BCUT2D eigenvalue weighted by Gasteiger charge is -2.18. The number of ether oxygens (including phenoxy) is 1. The van der Waals surface area contributed by atoms with E-state index in [1.54, 1.807) is 6.07 Å². The number of benzene rings is 2. The Bertz CT molecular complexity index is 1220. The topological polar surface area (TPSA) is 135 Å². The first-order valence-corrected chi connectivity index (χ1v) is 10.6. The maximum atomic E-state index is 12.2. The summed E-state index contributed by atoms with van der Waals surface area (Å²) in [5.74, 6) is -0.0508. The van der Waals surface area contributed by atoms with Crippen molar-refractivity contribution in [1.29, 1.82) is 5.26 Å². The molecule has 1 aliphatic carbocycles. The van der Waals surface area contributed by atoms with E-state index in [-0.39, 0.29) is 36.6 Å². The Morgan fingerprint density at radius 3 is 2.39 bits per heavy atom. The molecule has 2 aromatic carbocycles. The number of alkyl carbamates (subject to hydrolysis) is 1. The van der Waals surface area contributed by atoms with Gasteiger partial charge in [-0.2, -0.15) is 5.26 Å². The van der Waals surface area contributed by atoms with Crippen LogP contribution >= 0.6 is 0 Å². The molecular formula is C25H23N3O5. The number of rotatable bonds is 7. The first-order valence-electron chi connectivity index (χ1n) is 10.6. The standard InChI is InChI=1S/C25H23N3O5/c26-12-15-11-16(13-28-24(15)31)23(30)22(29)9-10-27-25(32)33-14-21-19-7-3-1-5-17(19)18-6-2-4-8-20(18)21/h1-8,11,13,21-23,29-30H,9-10,14H2,(H,27,32)(H,28,31). The van der Waals surface area contributed by atoms with Crippen molar-refractivity contribution in [2.24, 2.45) is 0 Å². The van der Waals surface area contributed by atoms with Crippen LogP contribution in [-0.2, 0) is 4.74 Å². The van der Waals surface area contributed by atoms with Gasteiger partial charge >= 0.3 is 6.09 Å². The normalized spacial score (nSPS) is 14.0. The number of amides is 1. The van der Waals surface area contributed by atoms with Gasteiger partial charge in [0.05, 0.1) is 6.10 Å². The van der Waals surface area contributed by atoms with E-state index in [0.29, 0.717) is 0 Å². The van der Waals surface area contributed by atoms with Crippen molar-refractivity contribution in [2.45, 2.75) is 24.5 Å². The Morgan fingerprint density at radius 1 is 1.12 bits per heavy atom. The third-order valence-electron chi connectivity index (χ3n) is 5.81. The Kier molecular flexibility index (Phi) is 6.54. The number of nitriles is 1. The Labute approximate surface area is 190 Å². The van der Waals surface area contributed by atoms with Crippen LogP contribution < -0.4 is 10.9 Å². The number of carbonyl (C=O) groups is 1. The van der Waals surface area contributed by atoms with Gasteiger partial charge in [-0.1, -0.05) is 48.5 Å². The lowest BCUT2D eigenvalue weighted by molar-refractivity contribution is 0.0134. The maximum absolute atomic E-state index is 12.2. The number of carbonyl (C=O) groups excluding carboxylic acids is 1. The zero-order chi connectivity index (χ0) is 23.4. The van der Waals surface area contributed by atoms with Crippen LogP contribution in [0.1, 0.15) is 40.7 Å². The van der Waals surface area contributed by atoms with Gasteiger partial charge in [0.25, 0.3) is 5.56 Å². The quantitative estimate of drug-likeness (QED) is 0.441. The van der Waals surface area contributed by atoms with Gasteiger partial charge in [0, 0.05) is 24.2 Å². The summed E-state index contributed by atoms with van der Waals surface area (Å²) in [7, 11) is 0. The summed E-state index contributed by atoms with van der Waals surface area (Å²) in [5.41, 5.74) is 3.99. The van der Waals surface area contributed by atoms with Gasteiger partial charge in [-0.15, -0.1) is 0 Å². The summed E-state index contributed by atoms with van der Waals surface area (Å²) in [5, 5.41) is 32.0. The van der Waals surface area contributed by atoms with Crippen molar-refractivity contribution in [3.63, 3.8) is 0 Å². The lowest BCUT2D eigenvalue weighted by Crippen LogP contribution is -2.31. The van der Waals surface area contributed by atoms with E-state index in [4.69, 9.17) is 10.00 Å². The summed E-state index contributed by atoms with van der Waals surface area (Å²) >= 11 is 0. The average Bonchev–Trinajstić information content (AvgIpc) is 3.16. The molecule has 33 heavy (non-hydrogen) atoms. The Balaban J connectivity index is 1.29. The molecule has 4 N–H and O–H groups in total. The van der Waals surface area contributed by atoms with Gasteiger partial charge < -0.3 is 25.3 Å². The molecule has 168 valence electrons. The van der Waals surface area contributed by atoms with Crippen LogP contribution in [0.15, 0.2) is 65.6 Å². The molecule has 3 aromatic rings. The first kappa shape index (κ1) is 22.3. The van der Waals surface area contributed by atoms with Gasteiger partial charge in [0.1, 0.15) is 24.3 Å². The number of fused-ring (bicyclic) bond motifs is 3. The number of aromatic nitrogens is 1. The van der Waals surface area contributed by atoms with Crippen molar-refractivity contribution in [3.8, 4) is 17.2 Å². The SMILES string of the molecule is N#Cc1cc(C(O)C(O)CCNC(=O)OCC2c3ccccc3-c3ccccc32)c[nH]c1=O. The summed E-state index contributed by atoms with van der Waals surface area (Å²) < 4.78 is 5.44. The van der Waals surface area contributed by atoms with E-state index < -0.39 is 23.9 Å². The third-order valence-corrected chi connectivity index (χ3v) is 5.81. The van der Waals surface area contributed by atoms with Gasteiger partial charge in [-0.3, -0.25) is 4.79 Å². The van der Waals surface area contributed by atoms with Crippen molar-refractivity contribution in [1.82, 2.24) is 10.3 Å². The molecule has 0 saturated heterocycles. The van der Waals surface area contributed by atoms with Crippen molar-refractivity contribution in [2.75, 3.05) is 13.2 Å². The van der Waals surface area contributed by atoms with E-state index in [0.717, 1.165) is 22.3 Å². The number of pyridine rings is 1. The minimum Gasteiger partial charge on any atom is -0.449 e. The monoisotopic (exact) mass is 445 g/mol.